The van der Waals surface area contributed by atoms with E-state index in [9.17, 15) is 4.39 Å². The minimum atomic E-state index is -0.228. The highest BCUT2D eigenvalue weighted by Crippen LogP contribution is 2.44. The van der Waals surface area contributed by atoms with Crippen LogP contribution in [0.3, 0.4) is 0 Å². The normalized spacial score (nSPS) is 21.4. The molecule has 0 radical (unpaired) electrons. The summed E-state index contributed by atoms with van der Waals surface area (Å²) in [7, 11) is 1.73. The molecule has 2 N–H and O–H groups in total. The molecular weight excluding hydrogens is 392 g/mol. The van der Waals surface area contributed by atoms with E-state index in [2.05, 4.69) is 15.6 Å². The first kappa shape index (κ1) is 17.5. The van der Waals surface area contributed by atoms with Crippen molar-refractivity contribution in [3.05, 3.63) is 34.6 Å². The van der Waals surface area contributed by atoms with Gasteiger partial charge in [-0.2, -0.15) is 0 Å². The lowest BCUT2D eigenvalue weighted by Gasteiger charge is -2.14. The number of aliphatic imine (C=N–C) groups is 1. The number of halogens is 3. The molecule has 0 saturated heterocycles. The summed E-state index contributed by atoms with van der Waals surface area (Å²) in [6.45, 7) is 4.09. The number of rotatable bonds is 3. The Bertz CT molecular complexity index is 473. The van der Waals surface area contributed by atoms with E-state index in [4.69, 9.17) is 11.6 Å². The van der Waals surface area contributed by atoms with Crippen LogP contribution in [-0.4, -0.2) is 25.1 Å². The second-order valence-electron chi connectivity index (χ2n) is 5.10. The van der Waals surface area contributed by atoms with Gasteiger partial charge in [0.25, 0.3) is 0 Å². The van der Waals surface area contributed by atoms with Crippen LogP contribution in [0.1, 0.15) is 31.7 Å². The largest absolute Gasteiger partial charge is 0.354 e. The Hall–Kier alpha value is -0.560. The molecule has 0 bridgehead atoms. The third-order valence-corrected chi connectivity index (χ3v) is 3.46. The zero-order valence-electron chi connectivity index (χ0n) is 11.8. The highest BCUT2D eigenvalue weighted by atomic mass is 127. The van der Waals surface area contributed by atoms with Crippen molar-refractivity contribution in [3.8, 4) is 0 Å². The Morgan fingerprint density at radius 3 is 2.70 bits per heavy atom. The maximum atomic E-state index is 13.8. The van der Waals surface area contributed by atoms with Crippen LogP contribution in [-0.2, 0) is 0 Å². The van der Waals surface area contributed by atoms with Crippen LogP contribution in [0.15, 0.2) is 23.2 Å². The van der Waals surface area contributed by atoms with Crippen molar-refractivity contribution in [2.45, 2.75) is 38.3 Å². The van der Waals surface area contributed by atoms with Gasteiger partial charge in [0.15, 0.2) is 5.96 Å². The second-order valence-corrected chi connectivity index (χ2v) is 5.51. The molecule has 1 aromatic rings. The monoisotopic (exact) mass is 411 g/mol. The lowest BCUT2D eigenvalue weighted by molar-refractivity contribution is 0.607. The maximum absolute atomic E-state index is 13.8. The van der Waals surface area contributed by atoms with Gasteiger partial charge in [-0.3, -0.25) is 4.99 Å². The van der Waals surface area contributed by atoms with Crippen molar-refractivity contribution < 1.29 is 4.39 Å². The predicted octanol–water partition coefficient (Wildman–Crippen LogP) is 3.53. The Labute approximate surface area is 141 Å². The maximum Gasteiger partial charge on any atom is 0.191 e. The van der Waals surface area contributed by atoms with Gasteiger partial charge in [0, 0.05) is 35.6 Å². The number of nitrogens with one attached hydrogen (secondary N) is 2. The van der Waals surface area contributed by atoms with Gasteiger partial charge in [-0.25, -0.2) is 4.39 Å². The van der Waals surface area contributed by atoms with Gasteiger partial charge >= 0.3 is 0 Å². The van der Waals surface area contributed by atoms with E-state index in [0.717, 1.165) is 12.4 Å². The van der Waals surface area contributed by atoms with Crippen molar-refractivity contribution in [2.75, 3.05) is 7.05 Å². The van der Waals surface area contributed by atoms with Crippen LogP contribution in [0.25, 0.3) is 0 Å². The lowest BCUT2D eigenvalue weighted by atomic mass is 10.1. The smallest absolute Gasteiger partial charge is 0.191 e. The van der Waals surface area contributed by atoms with Gasteiger partial charge in [-0.1, -0.05) is 17.7 Å². The summed E-state index contributed by atoms with van der Waals surface area (Å²) in [6, 6.07) is 5.32. The molecule has 0 heterocycles. The summed E-state index contributed by atoms with van der Waals surface area (Å²) in [5, 5.41) is 7.00. The van der Waals surface area contributed by atoms with Crippen molar-refractivity contribution >= 4 is 41.5 Å². The van der Waals surface area contributed by atoms with Gasteiger partial charge in [-0.15, -0.1) is 24.0 Å². The molecular formula is C14H20ClFIN3. The van der Waals surface area contributed by atoms with E-state index in [1.165, 1.54) is 6.07 Å². The molecule has 2 rings (SSSR count). The highest BCUT2D eigenvalue weighted by molar-refractivity contribution is 14.0. The van der Waals surface area contributed by atoms with Gasteiger partial charge in [0.1, 0.15) is 5.82 Å². The molecule has 1 aliphatic carbocycles. The van der Waals surface area contributed by atoms with Crippen LogP contribution in [0.5, 0.6) is 0 Å². The Balaban J connectivity index is 0.00000200. The van der Waals surface area contributed by atoms with Crippen LogP contribution in [0.4, 0.5) is 4.39 Å². The van der Waals surface area contributed by atoms with Gasteiger partial charge < -0.3 is 10.6 Å². The van der Waals surface area contributed by atoms with E-state index in [1.807, 2.05) is 13.8 Å². The first-order chi connectivity index (χ1) is 9.02. The average molecular weight is 412 g/mol. The molecule has 0 amide bonds. The summed E-state index contributed by atoms with van der Waals surface area (Å²) in [4.78, 5) is 4.15. The van der Waals surface area contributed by atoms with Crippen LogP contribution >= 0.6 is 35.6 Å². The first-order valence-electron chi connectivity index (χ1n) is 6.46. The minimum absolute atomic E-state index is 0. The fraction of sp³-hybridized carbons (Fsp3) is 0.500. The summed E-state index contributed by atoms with van der Waals surface area (Å²) in [5.41, 5.74) is 0.613. The zero-order chi connectivity index (χ0) is 14.0. The molecule has 20 heavy (non-hydrogen) atoms. The summed E-state index contributed by atoms with van der Waals surface area (Å²) in [5.74, 6) is 0.642. The van der Waals surface area contributed by atoms with Crippen molar-refractivity contribution in [2.24, 2.45) is 4.99 Å². The molecule has 2 atom stereocenters. The Morgan fingerprint density at radius 1 is 1.45 bits per heavy atom. The number of nitrogens with zero attached hydrogens (tertiary/aromatic N) is 1. The first-order valence-corrected chi connectivity index (χ1v) is 6.84. The Morgan fingerprint density at radius 2 is 2.15 bits per heavy atom. The summed E-state index contributed by atoms with van der Waals surface area (Å²) >= 11 is 6.07. The van der Waals surface area contributed by atoms with Crippen molar-refractivity contribution in [3.63, 3.8) is 0 Å². The molecule has 6 heteroatoms. The van der Waals surface area contributed by atoms with Crippen molar-refractivity contribution in [1.29, 1.82) is 0 Å². The summed E-state index contributed by atoms with van der Waals surface area (Å²) < 4.78 is 13.8. The molecule has 1 saturated carbocycles. The molecule has 0 aromatic heterocycles. The van der Waals surface area contributed by atoms with Gasteiger partial charge in [-0.05, 0) is 32.4 Å². The van der Waals surface area contributed by atoms with Crippen LogP contribution in [0.2, 0.25) is 5.02 Å². The standard InChI is InChI=1S/C14H19ClFN3.HI/c1-8(2)18-14(17-3)19-12-7-9(12)13-10(15)5-4-6-11(13)16;/h4-6,8-9,12H,7H2,1-3H3,(H2,17,18,19);1H. The van der Waals surface area contributed by atoms with Gasteiger partial charge in [0.2, 0.25) is 0 Å². The summed E-state index contributed by atoms with van der Waals surface area (Å²) in [6.07, 6.45) is 0.874. The van der Waals surface area contributed by atoms with E-state index in [0.29, 0.717) is 16.6 Å². The van der Waals surface area contributed by atoms with Crippen LogP contribution < -0.4 is 10.6 Å². The van der Waals surface area contributed by atoms with E-state index in [-0.39, 0.29) is 41.8 Å². The van der Waals surface area contributed by atoms with Crippen LogP contribution in [0, 0.1) is 5.82 Å². The molecule has 1 aromatic carbocycles. The quantitative estimate of drug-likeness (QED) is 0.453. The number of hydrogen-bond donors (Lipinski definition) is 2. The average Bonchev–Trinajstić information content (AvgIpc) is 3.06. The van der Waals surface area contributed by atoms with E-state index < -0.39 is 0 Å². The van der Waals surface area contributed by atoms with E-state index >= 15 is 0 Å². The molecule has 1 aliphatic rings. The molecule has 3 nitrogen and oxygen atoms in total. The fourth-order valence-corrected chi connectivity index (χ4v) is 2.46. The third-order valence-electron chi connectivity index (χ3n) is 3.13. The molecule has 112 valence electrons. The molecule has 2 unspecified atom stereocenters. The topological polar surface area (TPSA) is 36.4 Å². The second kappa shape index (κ2) is 7.45. The molecule has 0 aliphatic heterocycles. The molecule has 0 spiro atoms. The number of guanidine groups is 1. The third kappa shape index (κ3) is 4.22. The predicted molar refractivity (Wildman–Crippen MR) is 92.7 cm³/mol. The van der Waals surface area contributed by atoms with E-state index in [1.54, 1.807) is 19.2 Å². The fourth-order valence-electron chi connectivity index (χ4n) is 2.16. The van der Waals surface area contributed by atoms with Crippen molar-refractivity contribution in [1.82, 2.24) is 10.6 Å². The number of hydrogen-bond acceptors (Lipinski definition) is 1. The number of benzene rings is 1. The molecule has 1 fully saturated rings. The lowest BCUT2D eigenvalue weighted by Crippen LogP contribution is -2.42. The van der Waals surface area contributed by atoms with Gasteiger partial charge in [0.05, 0.1) is 0 Å². The highest BCUT2D eigenvalue weighted by Gasteiger charge is 2.41. The SMILES string of the molecule is CN=C(NC(C)C)NC1CC1c1c(F)cccc1Cl.I. The Kier molecular flexibility index (Phi) is 6.51. The zero-order valence-corrected chi connectivity index (χ0v) is 14.9. The minimum Gasteiger partial charge on any atom is -0.354 e.